The number of para-hydroxylation sites is 1. The van der Waals surface area contributed by atoms with Gasteiger partial charge in [-0.3, -0.25) is 4.79 Å². The van der Waals surface area contributed by atoms with Crippen LogP contribution in [0.25, 0.3) is 5.69 Å². The third-order valence-electron chi connectivity index (χ3n) is 3.57. The maximum absolute atomic E-state index is 12.5. The van der Waals surface area contributed by atoms with Gasteiger partial charge in [0.05, 0.1) is 16.9 Å². The highest BCUT2D eigenvalue weighted by molar-refractivity contribution is 6.32. The van der Waals surface area contributed by atoms with Crippen LogP contribution < -0.4 is 5.32 Å². The van der Waals surface area contributed by atoms with Crippen LogP contribution in [0.15, 0.2) is 30.5 Å². The zero-order valence-electron chi connectivity index (χ0n) is 12.1. The lowest BCUT2D eigenvalue weighted by Gasteiger charge is -2.33. The molecule has 22 heavy (non-hydrogen) atoms. The number of hydrogen-bond donors (Lipinski definition) is 1. The molecule has 8 heteroatoms. The number of rotatable bonds is 2. The number of aromatic nitrogens is 3. The Kier molecular flexibility index (Phi) is 5.39. The van der Waals surface area contributed by atoms with Crippen LogP contribution in [0.3, 0.4) is 0 Å². The first-order valence-electron chi connectivity index (χ1n) is 6.86. The molecule has 0 radical (unpaired) electrons. The summed E-state index contributed by atoms with van der Waals surface area (Å²) in [5.74, 6) is -0.0951. The van der Waals surface area contributed by atoms with Crippen LogP contribution >= 0.6 is 24.0 Å². The van der Waals surface area contributed by atoms with Gasteiger partial charge in [-0.05, 0) is 19.1 Å². The Morgan fingerprint density at radius 3 is 2.91 bits per heavy atom. The van der Waals surface area contributed by atoms with Crippen molar-refractivity contribution in [1.29, 1.82) is 0 Å². The van der Waals surface area contributed by atoms with Crippen LogP contribution in [0.2, 0.25) is 5.02 Å². The molecule has 0 bridgehead atoms. The summed E-state index contributed by atoms with van der Waals surface area (Å²) in [6.07, 6.45) is 1.62. The van der Waals surface area contributed by atoms with Crippen molar-refractivity contribution in [2.24, 2.45) is 0 Å². The maximum Gasteiger partial charge on any atom is 0.276 e. The summed E-state index contributed by atoms with van der Waals surface area (Å²) in [5, 5.41) is 11.8. The Hall–Kier alpha value is -1.63. The topological polar surface area (TPSA) is 63.1 Å². The monoisotopic (exact) mass is 341 g/mol. The van der Waals surface area contributed by atoms with Gasteiger partial charge in [-0.1, -0.05) is 28.9 Å². The van der Waals surface area contributed by atoms with E-state index in [2.05, 4.69) is 15.6 Å². The summed E-state index contributed by atoms with van der Waals surface area (Å²) in [7, 11) is 0. The number of benzene rings is 1. The van der Waals surface area contributed by atoms with E-state index < -0.39 is 0 Å². The van der Waals surface area contributed by atoms with Crippen molar-refractivity contribution >= 4 is 29.9 Å². The fraction of sp³-hybridized carbons (Fsp3) is 0.357. The first kappa shape index (κ1) is 16.7. The second kappa shape index (κ2) is 7.09. The predicted molar refractivity (Wildman–Crippen MR) is 87.0 cm³/mol. The van der Waals surface area contributed by atoms with E-state index in [1.807, 2.05) is 30.0 Å². The molecule has 1 aromatic heterocycles. The molecule has 1 fully saturated rings. The van der Waals surface area contributed by atoms with Crippen LogP contribution in [-0.4, -0.2) is 51.5 Å². The van der Waals surface area contributed by atoms with E-state index in [0.29, 0.717) is 22.9 Å². The molecule has 2 heterocycles. The smallest absolute Gasteiger partial charge is 0.276 e. The van der Waals surface area contributed by atoms with Crippen molar-refractivity contribution in [2.75, 3.05) is 19.6 Å². The number of nitrogens with one attached hydrogen (secondary N) is 1. The minimum absolute atomic E-state index is 0. The number of piperazine rings is 1. The third kappa shape index (κ3) is 3.24. The number of hydrogen-bond acceptors (Lipinski definition) is 4. The first-order valence-corrected chi connectivity index (χ1v) is 7.23. The fourth-order valence-corrected chi connectivity index (χ4v) is 2.63. The summed E-state index contributed by atoms with van der Waals surface area (Å²) in [6, 6.07) is 7.47. The molecule has 0 spiro atoms. The molecule has 0 unspecified atom stereocenters. The van der Waals surface area contributed by atoms with E-state index in [1.165, 1.54) is 4.68 Å². The summed E-state index contributed by atoms with van der Waals surface area (Å²) in [5.41, 5.74) is 1.04. The van der Waals surface area contributed by atoms with Crippen LogP contribution in [0.1, 0.15) is 17.4 Å². The molecule has 0 aliphatic carbocycles. The molecule has 118 valence electrons. The van der Waals surface area contributed by atoms with Gasteiger partial charge in [-0.15, -0.1) is 17.5 Å². The number of halogens is 2. The van der Waals surface area contributed by atoms with Crippen molar-refractivity contribution < 1.29 is 4.79 Å². The summed E-state index contributed by atoms with van der Waals surface area (Å²) in [6.45, 7) is 4.29. The lowest BCUT2D eigenvalue weighted by Crippen LogP contribution is -2.52. The van der Waals surface area contributed by atoms with Crippen LogP contribution in [-0.2, 0) is 0 Å². The van der Waals surface area contributed by atoms with Gasteiger partial charge in [0.25, 0.3) is 5.91 Å². The van der Waals surface area contributed by atoms with E-state index >= 15 is 0 Å². The highest BCUT2D eigenvalue weighted by Gasteiger charge is 2.26. The van der Waals surface area contributed by atoms with Gasteiger partial charge in [0.1, 0.15) is 0 Å². The van der Waals surface area contributed by atoms with Gasteiger partial charge in [0, 0.05) is 25.7 Å². The number of carbonyl (C=O) groups excluding carboxylic acids is 1. The second-order valence-corrected chi connectivity index (χ2v) is 5.46. The summed E-state index contributed by atoms with van der Waals surface area (Å²) >= 11 is 6.13. The quantitative estimate of drug-likeness (QED) is 0.904. The molecule has 3 rings (SSSR count). The Labute approximate surface area is 139 Å². The fourth-order valence-electron chi connectivity index (χ4n) is 2.41. The number of amides is 1. The molecule has 1 aliphatic heterocycles. The average Bonchev–Trinajstić information content (AvgIpc) is 2.97. The first-order chi connectivity index (χ1) is 10.2. The molecule has 1 saturated heterocycles. The Bertz CT molecular complexity index is 660. The van der Waals surface area contributed by atoms with E-state index in [0.717, 1.165) is 13.1 Å². The molecule has 1 amide bonds. The van der Waals surface area contributed by atoms with Gasteiger partial charge >= 0.3 is 0 Å². The number of nitrogens with zero attached hydrogens (tertiary/aromatic N) is 4. The molecule has 6 nitrogen and oxygen atoms in total. The average molecular weight is 342 g/mol. The zero-order chi connectivity index (χ0) is 14.8. The highest BCUT2D eigenvalue weighted by Crippen LogP contribution is 2.19. The standard InChI is InChI=1S/C14H16ClN5O.ClH/c1-10-8-16-6-7-19(10)14(21)12-9-20(18-17-12)13-5-3-2-4-11(13)15;/h2-5,9-10,16H,6-8H2,1H3;1H/t10-;/m0./s1. The Morgan fingerprint density at radius 2 is 2.18 bits per heavy atom. The minimum atomic E-state index is -0.0951. The third-order valence-corrected chi connectivity index (χ3v) is 3.89. The Morgan fingerprint density at radius 1 is 1.41 bits per heavy atom. The molecular formula is C14H17Cl2N5O. The van der Waals surface area contributed by atoms with Crippen molar-refractivity contribution in [3.05, 3.63) is 41.2 Å². The zero-order valence-corrected chi connectivity index (χ0v) is 13.6. The molecule has 0 saturated carbocycles. The lowest BCUT2D eigenvalue weighted by atomic mass is 10.2. The van der Waals surface area contributed by atoms with E-state index in [1.54, 1.807) is 12.3 Å². The van der Waals surface area contributed by atoms with Gasteiger partial charge in [-0.25, -0.2) is 4.68 Å². The van der Waals surface area contributed by atoms with Gasteiger partial charge in [0.15, 0.2) is 5.69 Å². The molecule has 1 atom stereocenters. The van der Waals surface area contributed by atoms with Crippen molar-refractivity contribution in [3.63, 3.8) is 0 Å². The maximum atomic E-state index is 12.5. The minimum Gasteiger partial charge on any atom is -0.332 e. The van der Waals surface area contributed by atoms with Gasteiger partial charge < -0.3 is 10.2 Å². The molecule has 2 aromatic rings. The summed E-state index contributed by atoms with van der Waals surface area (Å²) < 4.78 is 1.53. The van der Waals surface area contributed by atoms with Crippen molar-refractivity contribution in [1.82, 2.24) is 25.2 Å². The lowest BCUT2D eigenvalue weighted by molar-refractivity contribution is 0.0649. The molecule has 1 aliphatic rings. The predicted octanol–water partition coefficient (Wildman–Crippen LogP) is 1.78. The molecule has 1 N–H and O–H groups in total. The van der Waals surface area contributed by atoms with Gasteiger partial charge in [-0.2, -0.15) is 0 Å². The normalized spacial score (nSPS) is 17.9. The van der Waals surface area contributed by atoms with E-state index in [4.69, 9.17) is 11.6 Å². The molecule has 1 aromatic carbocycles. The largest absolute Gasteiger partial charge is 0.332 e. The summed E-state index contributed by atoms with van der Waals surface area (Å²) in [4.78, 5) is 14.3. The Balaban J connectivity index is 0.00000176. The van der Waals surface area contributed by atoms with Crippen molar-refractivity contribution in [3.8, 4) is 5.69 Å². The van der Waals surface area contributed by atoms with Crippen LogP contribution in [0.5, 0.6) is 0 Å². The van der Waals surface area contributed by atoms with E-state index in [9.17, 15) is 4.79 Å². The highest BCUT2D eigenvalue weighted by atomic mass is 35.5. The van der Waals surface area contributed by atoms with E-state index in [-0.39, 0.29) is 24.4 Å². The van der Waals surface area contributed by atoms with Crippen LogP contribution in [0.4, 0.5) is 0 Å². The van der Waals surface area contributed by atoms with Gasteiger partial charge in [0.2, 0.25) is 0 Å². The second-order valence-electron chi connectivity index (χ2n) is 5.05. The van der Waals surface area contributed by atoms with Crippen molar-refractivity contribution in [2.45, 2.75) is 13.0 Å². The molecular weight excluding hydrogens is 325 g/mol. The van der Waals surface area contributed by atoms with Crippen LogP contribution in [0, 0.1) is 0 Å². The number of carbonyl (C=O) groups is 1. The SMILES string of the molecule is C[C@H]1CNCCN1C(=O)c1cn(-c2ccccc2Cl)nn1.Cl.